The van der Waals surface area contributed by atoms with Gasteiger partial charge in [-0.05, 0) is 41.5 Å². The fourth-order valence-corrected chi connectivity index (χ4v) is 5.46. The Morgan fingerprint density at radius 2 is 1.46 bits per heavy atom. The third-order valence-corrected chi connectivity index (χ3v) is 7.43. The minimum Gasteiger partial charge on any atom is -0.384 e. The lowest BCUT2D eigenvalue weighted by molar-refractivity contribution is 0.225. The Morgan fingerprint density at radius 1 is 0.811 bits per heavy atom. The maximum absolute atomic E-state index is 13.4. The second kappa shape index (κ2) is 8.98. The van der Waals surface area contributed by atoms with Crippen LogP contribution in [0.15, 0.2) is 88.5 Å². The first kappa shape index (κ1) is 23.1. The normalized spacial score (nSPS) is 14.1. The van der Waals surface area contributed by atoms with Crippen LogP contribution in [0.25, 0.3) is 33.4 Å². The fraction of sp³-hybridized carbons (Fsp3) is 0.194. The molecule has 0 spiro atoms. The molecule has 2 heterocycles. The van der Waals surface area contributed by atoms with E-state index in [4.69, 9.17) is 4.98 Å². The summed E-state index contributed by atoms with van der Waals surface area (Å²) in [5.41, 5.74) is 6.25. The van der Waals surface area contributed by atoms with E-state index in [0.717, 1.165) is 40.5 Å². The van der Waals surface area contributed by atoms with Crippen molar-refractivity contribution in [1.29, 1.82) is 0 Å². The maximum Gasteiger partial charge on any atom is 0.332 e. The molecule has 0 amide bonds. The number of aliphatic hydroxyl groups is 1. The van der Waals surface area contributed by atoms with Gasteiger partial charge >= 0.3 is 5.69 Å². The SMILES string of the molecule is Cn1c(=O)c2c(-c3ccc(CCCc4ccccc4)cc3)c3c(nc2n(C)c1=O)-c1ccccc1[C@H]3O. The minimum absolute atomic E-state index is 0.317. The second-order valence-corrected chi connectivity index (χ2v) is 9.68. The summed E-state index contributed by atoms with van der Waals surface area (Å²) in [6, 6.07) is 26.2. The molecule has 6 nitrogen and oxygen atoms in total. The van der Waals surface area contributed by atoms with Crippen molar-refractivity contribution in [3.63, 3.8) is 0 Å². The van der Waals surface area contributed by atoms with Crippen molar-refractivity contribution < 1.29 is 5.11 Å². The molecule has 6 heteroatoms. The zero-order chi connectivity index (χ0) is 25.7. The molecule has 1 N–H and O–H groups in total. The van der Waals surface area contributed by atoms with E-state index in [1.54, 1.807) is 7.05 Å². The number of aromatic nitrogens is 3. The lowest BCUT2D eigenvalue weighted by Gasteiger charge is -2.17. The van der Waals surface area contributed by atoms with E-state index >= 15 is 0 Å². The predicted molar refractivity (Wildman–Crippen MR) is 146 cm³/mol. The summed E-state index contributed by atoms with van der Waals surface area (Å²) in [5, 5.41) is 11.7. The van der Waals surface area contributed by atoms with E-state index in [0.29, 0.717) is 27.9 Å². The molecular formula is C31H27N3O3. The van der Waals surface area contributed by atoms with Crippen LogP contribution in [-0.4, -0.2) is 19.2 Å². The third kappa shape index (κ3) is 3.72. The molecule has 37 heavy (non-hydrogen) atoms. The molecule has 0 bridgehead atoms. The van der Waals surface area contributed by atoms with E-state index in [9.17, 15) is 14.7 Å². The van der Waals surface area contributed by atoms with Gasteiger partial charge in [-0.25, -0.2) is 9.78 Å². The van der Waals surface area contributed by atoms with Crippen LogP contribution < -0.4 is 11.2 Å². The van der Waals surface area contributed by atoms with Crippen LogP contribution in [0.4, 0.5) is 0 Å². The Labute approximate surface area is 214 Å². The van der Waals surface area contributed by atoms with Crippen molar-refractivity contribution in [3.8, 4) is 22.4 Å². The number of aryl methyl sites for hydroxylation is 3. The number of aliphatic hydroxyl groups excluding tert-OH is 1. The first-order valence-corrected chi connectivity index (χ1v) is 12.5. The Morgan fingerprint density at radius 3 is 2.19 bits per heavy atom. The van der Waals surface area contributed by atoms with Gasteiger partial charge in [0.1, 0.15) is 6.10 Å². The molecule has 1 atom stereocenters. The fourth-order valence-electron chi connectivity index (χ4n) is 5.46. The zero-order valence-electron chi connectivity index (χ0n) is 20.8. The average molecular weight is 490 g/mol. The number of hydrogen-bond donors (Lipinski definition) is 1. The van der Waals surface area contributed by atoms with Crippen molar-refractivity contribution in [2.24, 2.45) is 14.1 Å². The van der Waals surface area contributed by atoms with E-state index in [1.807, 2.05) is 42.5 Å². The first-order valence-electron chi connectivity index (χ1n) is 12.5. The Bertz CT molecular complexity index is 1770. The summed E-state index contributed by atoms with van der Waals surface area (Å²) >= 11 is 0. The Hall–Kier alpha value is -4.29. The van der Waals surface area contributed by atoms with Gasteiger partial charge < -0.3 is 5.11 Å². The minimum atomic E-state index is -0.911. The van der Waals surface area contributed by atoms with Gasteiger partial charge in [0.25, 0.3) is 5.56 Å². The molecule has 0 saturated carbocycles. The van der Waals surface area contributed by atoms with E-state index in [2.05, 4.69) is 36.4 Å². The summed E-state index contributed by atoms with van der Waals surface area (Å²) < 4.78 is 2.51. The number of hydrogen-bond acceptors (Lipinski definition) is 4. The van der Waals surface area contributed by atoms with Crippen molar-refractivity contribution >= 4 is 11.0 Å². The highest BCUT2D eigenvalue weighted by atomic mass is 16.3. The molecule has 0 radical (unpaired) electrons. The largest absolute Gasteiger partial charge is 0.384 e. The number of nitrogens with zero attached hydrogens (tertiary/aromatic N) is 3. The van der Waals surface area contributed by atoms with E-state index in [-0.39, 0.29) is 0 Å². The van der Waals surface area contributed by atoms with Crippen LogP contribution in [0.5, 0.6) is 0 Å². The van der Waals surface area contributed by atoms with Gasteiger partial charge in [0.15, 0.2) is 5.65 Å². The predicted octanol–water partition coefficient (Wildman–Crippen LogP) is 4.54. The lowest BCUT2D eigenvalue weighted by Crippen LogP contribution is -2.37. The second-order valence-electron chi connectivity index (χ2n) is 9.68. The van der Waals surface area contributed by atoms with Crippen LogP contribution in [0, 0.1) is 0 Å². The first-order chi connectivity index (χ1) is 18.0. The molecule has 0 fully saturated rings. The van der Waals surface area contributed by atoms with Crippen molar-refractivity contribution in [2.45, 2.75) is 25.4 Å². The molecule has 2 aromatic heterocycles. The van der Waals surface area contributed by atoms with Gasteiger partial charge in [-0.3, -0.25) is 13.9 Å². The topological polar surface area (TPSA) is 77.1 Å². The summed E-state index contributed by atoms with van der Waals surface area (Å²) in [4.78, 5) is 31.0. The van der Waals surface area contributed by atoms with Gasteiger partial charge in [0.2, 0.25) is 0 Å². The van der Waals surface area contributed by atoms with Crippen LogP contribution >= 0.6 is 0 Å². The molecule has 1 aliphatic carbocycles. The maximum atomic E-state index is 13.4. The summed E-state index contributed by atoms with van der Waals surface area (Å²) in [7, 11) is 3.10. The average Bonchev–Trinajstić information content (AvgIpc) is 3.22. The van der Waals surface area contributed by atoms with E-state index < -0.39 is 17.4 Å². The quantitative estimate of drug-likeness (QED) is 0.393. The molecule has 5 aromatic rings. The molecule has 184 valence electrons. The number of pyridine rings is 1. The Kier molecular flexibility index (Phi) is 5.61. The van der Waals surface area contributed by atoms with Crippen molar-refractivity contribution in [1.82, 2.24) is 14.1 Å². The standard InChI is InChI=1S/C31H27N3O3/c1-33-29-26(30(36)34(2)31(33)37)24(25-27(32-29)22-13-6-7-14-23(22)28(25)35)21-17-15-20(16-18-21)12-8-11-19-9-4-3-5-10-19/h3-7,9-10,13-18,28,35H,8,11-12H2,1-2H3/t28-/m1/s1. The molecule has 1 aliphatic rings. The summed E-state index contributed by atoms with van der Waals surface area (Å²) in [5.74, 6) is 0. The van der Waals surface area contributed by atoms with Gasteiger partial charge in [0, 0.05) is 30.8 Å². The molecule has 6 rings (SSSR count). The molecule has 0 unspecified atom stereocenters. The third-order valence-electron chi connectivity index (χ3n) is 7.43. The molecule has 0 saturated heterocycles. The lowest BCUT2D eigenvalue weighted by atomic mass is 9.93. The van der Waals surface area contributed by atoms with Crippen molar-refractivity contribution in [3.05, 3.63) is 122 Å². The summed E-state index contributed by atoms with van der Waals surface area (Å²) in [6.45, 7) is 0. The van der Waals surface area contributed by atoms with Crippen LogP contribution in [0.1, 0.15) is 34.8 Å². The van der Waals surface area contributed by atoms with Crippen LogP contribution in [0.3, 0.4) is 0 Å². The molecule has 0 aliphatic heterocycles. The number of fused-ring (bicyclic) bond motifs is 4. The zero-order valence-corrected chi connectivity index (χ0v) is 20.8. The smallest absolute Gasteiger partial charge is 0.332 e. The number of rotatable bonds is 5. The van der Waals surface area contributed by atoms with Crippen LogP contribution in [0.2, 0.25) is 0 Å². The monoisotopic (exact) mass is 489 g/mol. The number of benzene rings is 3. The highest BCUT2D eigenvalue weighted by molar-refractivity contribution is 5.99. The molecule has 3 aromatic carbocycles. The molecular weight excluding hydrogens is 462 g/mol. The van der Waals surface area contributed by atoms with Crippen LogP contribution in [-0.2, 0) is 26.9 Å². The highest BCUT2D eigenvalue weighted by Crippen LogP contribution is 2.48. The van der Waals surface area contributed by atoms with E-state index in [1.165, 1.54) is 22.7 Å². The van der Waals surface area contributed by atoms with Gasteiger partial charge in [-0.2, -0.15) is 0 Å². The summed E-state index contributed by atoms with van der Waals surface area (Å²) in [6.07, 6.45) is 2.08. The van der Waals surface area contributed by atoms with Gasteiger partial charge in [-0.15, -0.1) is 0 Å². The van der Waals surface area contributed by atoms with Gasteiger partial charge in [-0.1, -0.05) is 78.9 Å². The van der Waals surface area contributed by atoms with Gasteiger partial charge in [0.05, 0.1) is 11.1 Å². The van der Waals surface area contributed by atoms with Crippen molar-refractivity contribution in [2.75, 3.05) is 0 Å². The highest BCUT2D eigenvalue weighted by Gasteiger charge is 2.34. The Balaban J connectivity index is 1.49.